The van der Waals surface area contributed by atoms with Gasteiger partial charge in [-0.2, -0.15) is 0 Å². The predicted molar refractivity (Wildman–Crippen MR) is 66.4 cm³/mol. The average molecular weight is 230 g/mol. The standard InChI is InChI=1S/C13H24ClN/c1-11-5-7-13(10-14,8-6-11)15-9-12-3-2-4-12/h11-12,15H,2-10H2,1H3. The van der Waals surface area contributed by atoms with Crippen LogP contribution in [0.2, 0.25) is 0 Å². The van der Waals surface area contributed by atoms with Crippen molar-refractivity contribution in [3.05, 3.63) is 0 Å². The molecule has 88 valence electrons. The second-order valence-electron chi connectivity index (χ2n) is 5.77. The third-order valence-corrected chi connectivity index (χ3v) is 4.99. The molecule has 0 heterocycles. The quantitative estimate of drug-likeness (QED) is 0.727. The minimum Gasteiger partial charge on any atom is -0.310 e. The van der Waals surface area contributed by atoms with Crippen LogP contribution in [0.3, 0.4) is 0 Å². The SMILES string of the molecule is CC1CCC(CCl)(NCC2CCC2)CC1. The molecule has 0 saturated heterocycles. The summed E-state index contributed by atoms with van der Waals surface area (Å²) in [6.07, 6.45) is 9.57. The van der Waals surface area contributed by atoms with Gasteiger partial charge in [0.05, 0.1) is 0 Å². The second-order valence-corrected chi connectivity index (χ2v) is 6.04. The molecule has 0 amide bonds. The Morgan fingerprint density at radius 3 is 2.33 bits per heavy atom. The summed E-state index contributed by atoms with van der Waals surface area (Å²) in [6.45, 7) is 3.57. The Morgan fingerprint density at radius 2 is 1.87 bits per heavy atom. The van der Waals surface area contributed by atoms with Gasteiger partial charge in [-0.15, -0.1) is 11.6 Å². The molecule has 1 nitrogen and oxygen atoms in total. The summed E-state index contributed by atoms with van der Waals surface area (Å²) in [4.78, 5) is 0. The maximum absolute atomic E-state index is 6.17. The number of hydrogen-bond acceptors (Lipinski definition) is 1. The fraction of sp³-hybridized carbons (Fsp3) is 1.00. The Labute approximate surface area is 99.0 Å². The molecule has 0 unspecified atom stereocenters. The second kappa shape index (κ2) is 5.05. The Morgan fingerprint density at radius 1 is 1.20 bits per heavy atom. The van der Waals surface area contributed by atoms with Crippen LogP contribution in [0.15, 0.2) is 0 Å². The van der Waals surface area contributed by atoms with Crippen LogP contribution in [0, 0.1) is 11.8 Å². The van der Waals surface area contributed by atoms with Crippen molar-refractivity contribution in [3.63, 3.8) is 0 Å². The molecule has 0 atom stereocenters. The Hall–Kier alpha value is 0.250. The van der Waals surface area contributed by atoms with E-state index in [0.29, 0.717) is 0 Å². The van der Waals surface area contributed by atoms with Gasteiger partial charge in [-0.25, -0.2) is 0 Å². The first-order valence-electron chi connectivity index (χ1n) is 6.55. The molecule has 0 aromatic carbocycles. The lowest BCUT2D eigenvalue weighted by Crippen LogP contribution is -2.51. The number of hydrogen-bond donors (Lipinski definition) is 1. The molecular weight excluding hydrogens is 206 g/mol. The zero-order valence-corrected chi connectivity index (χ0v) is 10.7. The van der Waals surface area contributed by atoms with E-state index in [2.05, 4.69) is 12.2 Å². The van der Waals surface area contributed by atoms with Crippen LogP contribution in [0.4, 0.5) is 0 Å². The fourth-order valence-electron chi connectivity index (χ4n) is 2.73. The van der Waals surface area contributed by atoms with E-state index in [1.807, 2.05) is 0 Å². The molecule has 0 aromatic heterocycles. The van der Waals surface area contributed by atoms with Crippen molar-refractivity contribution < 1.29 is 0 Å². The minimum absolute atomic E-state index is 0.281. The Kier molecular flexibility index (Phi) is 3.95. The smallest absolute Gasteiger partial charge is 0.0406 e. The van der Waals surface area contributed by atoms with E-state index in [0.717, 1.165) is 17.7 Å². The lowest BCUT2D eigenvalue weighted by Gasteiger charge is -2.41. The van der Waals surface area contributed by atoms with Crippen LogP contribution in [0.1, 0.15) is 51.9 Å². The van der Waals surface area contributed by atoms with Crippen LogP contribution in [-0.2, 0) is 0 Å². The summed E-state index contributed by atoms with van der Waals surface area (Å²) >= 11 is 6.17. The molecule has 0 radical (unpaired) electrons. The largest absolute Gasteiger partial charge is 0.310 e. The molecule has 0 spiro atoms. The van der Waals surface area contributed by atoms with Crippen LogP contribution < -0.4 is 5.32 Å². The Bertz CT molecular complexity index is 193. The zero-order valence-electron chi connectivity index (χ0n) is 9.90. The molecule has 2 fully saturated rings. The highest BCUT2D eigenvalue weighted by Gasteiger charge is 2.33. The third kappa shape index (κ3) is 2.88. The van der Waals surface area contributed by atoms with Gasteiger partial charge in [-0.1, -0.05) is 13.3 Å². The summed E-state index contributed by atoms with van der Waals surface area (Å²) in [7, 11) is 0. The highest BCUT2D eigenvalue weighted by Crippen LogP contribution is 2.34. The lowest BCUT2D eigenvalue weighted by atomic mass is 9.77. The zero-order chi connectivity index (χ0) is 10.7. The maximum Gasteiger partial charge on any atom is 0.0406 e. The van der Waals surface area contributed by atoms with E-state index < -0.39 is 0 Å². The van der Waals surface area contributed by atoms with Crippen molar-refractivity contribution in [2.45, 2.75) is 57.4 Å². The maximum atomic E-state index is 6.17. The van der Waals surface area contributed by atoms with Crippen molar-refractivity contribution in [3.8, 4) is 0 Å². The molecule has 15 heavy (non-hydrogen) atoms. The first-order chi connectivity index (χ1) is 7.24. The Balaban J connectivity index is 1.79. The van der Waals surface area contributed by atoms with E-state index in [4.69, 9.17) is 11.6 Å². The molecule has 2 rings (SSSR count). The van der Waals surface area contributed by atoms with E-state index >= 15 is 0 Å². The van der Waals surface area contributed by atoms with E-state index in [-0.39, 0.29) is 5.54 Å². The highest BCUT2D eigenvalue weighted by atomic mass is 35.5. The van der Waals surface area contributed by atoms with Crippen molar-refractivity contribution in [1.82, 2.24) is 5.32 Å². The van der Waals surface area contributed by atoms with Gasteiger partial charge in [0.1, 0.15) is 0 Å². The van der Waals surface area contributed by atoms with Gasteiger partial charge in [-0.05, 0) is 56.9 Å². The molecule has 2 saturated carbocycles. The average Bonchev–Trinajstić information content (AvgIpc) is 2.19. The topological polar surface area (TPSA) is 12.0 Å². The lowest BCUT2D eigenvalue weighted by molar-refractivity contribution is 0.189. The van der Waals surface area contributed by atoms with Gasteiger partial charge in [0, 0.05) is 11.4 Å². The van der Waals surface area contributed by atoms with Crippen LogP contribution >= 0.6 is 11.6 Å². The first kappa shape index (κ1) is 11.7. The van der Waals surface area contributed by atoms with Crippen molar-refractivity contribution in [1.29, 1.82) is 0 Å². The fourth-order valence-corrected chi connectivity index (χ4v) is 3.09. The van der Waals surface area contributed by atoms with Crippen LogP contribution in [0.5, 0.6) is 0 Å². The van der Waals surface area contributed by atoms with E-state index in [1.54, 1.807) is 0 Å². The minimum atomic E-state index is 0.281. The third-order valence-electron chi connectivity index (χ3n) is 4.48. The van der Waals surface area contributed by atoms with E-state index in [1.165, 1.54) is 51.5 Å². The molecule has 2 heteroatoms. The molecule has 0 aliphatic heterocycles. The van der Waals surface area contributed by atoms with Gasteiger partial charge in [-0.3, -0.25) is 0 Å². The summed E-state index contributed by atoms with van der Waals surface area (Å²) in [5.41, 5.74) is 0.281. The highest BCUT2D eigenvalue weighted by molar-refractivity contribution is 6.18. The van der Waals surface area contributed by atoms with Gasteiger partial charge >= 0.3 is 0 Å². The molecule has 0 aromatic rings. The molecule has 0 bridgehead atoms. The molecule has 2 aliphatic carbocycles. The van der Waals surface area contributed by atoms with Crippen molar-refractivity contribution >= 4 is 11.6 Å². The van der Waals surface area contributed by atoms with Crippen LogP contribution in [0.25, 0.3) is 0 Å². The molecule has 2 aliphatic rings. The summed E-state index contributed by atoms with van der Waals surface area (Å²) in [6, 6.07) is 0. The number of rotatable bonds is 4. The van der Waals surface area contributed by atoms with Crippen molar-refractivity contribution in [2.24, 2.45) is 11.8 Å². The monoisotopic (exact) mass is 229 g/mol. The number of halogens is 1. The first-order valence-corrected chi connectivity index (χ1v) is 7.08. The van der Waals surface area contributed by atoms with Gasteiger partial charge < -0.3 is 5.32 Å². The van der Waals surface area contributed by atoms with Gasteiger partial charge in [0.25, 0.3) is 0 Å². The number of nitrogens with one attached hydrogen (secondary N) is 1. The summed E-state index contributed by atoms with van der Waals surface area (Å²) < 4.78 is 0. The number of alkyl halides is 1. The molecule has 1 N–H and O–H groups in total. The summed E-state index contributed by atoms with van der Waals surface area (Å²) in [5.74, 6) is 2.66. The van der Waals surface area contributed by atoms with Crippen LogP contribution in [-0.4, -0.2) is 18.0 Å². The van der Waals surface area contributed by atoms with Gasteiger partial charge in [0.2, 0.25) is 0 Å². The normalized spacial score (nSPS) is 37.6. The molecular formula is C13H24ClN. The van der Waals surface area contributed by atoms with Gasteiger partial charge in [0.15, 0.2) is 0 Å². The summed E-state index contributed by atoms with van der Waals surface area (Å²) in [5, 5.41) is 3.78. The predicted octanol–water partition coefficient (Wildman–Crippen LogP) is 3.56. The van der Waals surface area contributed by atoms with Crippen molar-refractivity contribution in [2.75, 3.05) is 12.4 Å². The van der Waals surface area contributed by atoms with E-state index in [9.17, 15) is 0 Å².